The maximum absolute atomic E-state index is 12.4. The van der Waals surface area contributed by atoms with E-state index in [0.29, 0.717) is 0 Å². The number of carbonyl (C=O) groups is 3. The van der Waals surface area contributed by atoms with Gasteiger partial charge in [-0.2, -0.15) is 0 Å². The monoisotopic (exact) mass is 323 g/mol. The predicted molar refractivity (Wildman–Crippen MR) is 81.2 cm³/mol. The molecule has 0 bridgehead atoms. The smallest absolute Gasteiger partial charge is 0.345 e. The summed E-state index contributed by atoms with van der Waals surface area (Å²) in [5, 5.41) is 13.6. The minimum atomic E-state index is -2.45. The Balaban J connectivity index is 3.72. The minimum Gasteiger partial charge on any atom is -0.467 e. The number of hydrogen-bond donors (Lipinski definition) is 2. The van der Waals surface area contributed by atoms with E-state index >= 15 is 0 Å². The number of benzene rings is 1. The minimum absolute atomic E-state index is 0.0975. The van der Waals surface area contributed by atoms with E-state index in [1.165, 1.54) is 19.1 Å². The maximum Gasteiger partial charge on any atom is 0.345 e. The van der Waals surface area contributed by atoms with Crippen LogP contribution in [0.25, 0.3) is 0 Å². The number of amides is 1. The summed E-state index contributed by atoms with van der Waals surface area (Å²) in [4.78, 5) is 36.5. The molecule has 0 unspecified atom stereocenters. The SMILES string of the molecule is CC[C@@](NC(C)=O)(C(=O)OC)[C@@](O)(C(=O)OC)c1ccccc1. The molecule has 0 aliphatic carbocycles. The average molecular weight is 323 g/mol. The first kappa shape index (κ1) is 18.6. The zero-order valence-corrected chi connectivity index (χ0v) is 13.6. The van der Waals surface area contributed by atoms with E-state index in [9.17, 15) is 19.5 Å². The van der Waals surface area contributed by atoms with E-state index in [2.05, 4.69) is 5.32 Å². The molecule has 2 N–H and O–H groups in total. The number of rotatable bonds is 6. The van der Waals surface area contributed by atoms with Crippen molar-refractivity contribution in [3.8, 4) is 0 Å². The third-order valence-corrected chi connectivity index (χ3v) is 3.74. The Morgan fingerprint density at radius 2 is 1.61 bits per heavy atom. The zero-order chi connectivity index (χ0) is 17.7. The molecule has 1 amide bonds. The quantitative estimate of drug-likeness (QED) is 0.739. The highest BCUT2D eigenvalue weighted by Gasteiger charge is 2.63. The summed E-state index contributed by atoms with van der Waals surface area (Å²) in [5.74, 6) is -2.63. The molecule has 0 saturated heterocycles. The van der Waals surface area contributed by atoms with Crippen molar-refractivity contribution >= 4 is 17.8 Å². The first-order valence-corrected chi connectivity index (χ1v) is 7.03. The summed E-state index contributed by atoms with van der Waals surface area (Å²) >= 11 is 0. The van der Waals surface area contributed by atoms with Crippen LogP contribution < -0.4 is 5.32 Å². The lowest BCUT2D eigenvalue weighted by molar-refractivity contribution is -0.188. The van der Waals surface area contributed by atoms with Crippen molar-refractivity contribution in [1.82, 2.24) is 5.32 Å². The second-order valence-corrected chi connectivity index (χ2v) is 5.00. The van der Waals surface area contributed by atoms with Gasteiger partial charge in [0.2, 0.25) is 11.5 Å². The first-order chi connectivity index (χ1) is 10.8. The molecule has 0 aliphatic rings. The molecule has 0 aliphatic heterocycles. The molecule has 0 heterocycles. The van der Waals surface area contributed by atoms with Crippen molar-refractivity contribution in [3.05, 3.63) is 35.9 Å². The van der Waals surface area contributed by atoms with E-state index in [4.69, 9.17) is 9.47 Å². The third-order valence-electron chi connectivity index (χ3n) is 3.74. The van der Waals surface area contributed by atoms with Crippen LogP contribution in [0.15, 0.2) is 30.3 Å². The number of ether oxygens (including phenoxy) is 2. The highest BCUT2D eigenvalue weighted by Crippen LogP contribution is 2.38. The van der Waals surface area contributed by atoms with E-state index < -0.39 is 29.0 Å². The molecule has 0 spiro atoms. The standard InChI is InChI=1S/C16H21NO6/c1-5-15(13(19)22-3,17-11(2)18)16(21,14(20)23-4)12-9-7-6-8-10-12/h6-10,21H,5H2,1-4H3,(H,17,18)/t15-,16+/m1/s1. The number of methoxy groups -OCH3 is 2. The fourth-order valence-corrected chi connectivity index (χ4v) is 2.62. The van der Waals surface area contributed by atoms with Crippen molar-refractivity contribution in [2.75, 3.05) is 14.2 Å². The van der Waals surface area contributed by atoms with Gasteiger partial charge < -0.3 is 19.9 Å². The molecule has 0 aromatic heterocycles. The van der Waals surface area contributed by atoms with E-state index in [-0.39, 0.29) is 12.0 Å². The lowest BCUT2D eigenvalue weighted by Crippen LogP contribution is -2.70. The Labute approximate surface area is 134 Å². The van der Waals surface area contributed by atoms with Gasteiger partial charge in [0.25, 0.3) is 0 Å². The van der Waals surface area contributed by atoms with Crippen LogP contribution in [0.1, 0.15) is 25.8 Å². The molecule has 1 aromatic carbocycles. The number of esters is 2. The molecular weight excluding hydrogens is 302 g/mol. The van der Waals surface area contributed by atoms with Crippen LogP contribution >= 0.6 is 0 Å². The van der Waals surface area contributed by atoms with E-state index in [0.717, 1.165) is 14.2 Å². The normalized spacial score (nSPS) is 15.7. The van der Waals surface area contributed by atoms with Crippen LogP contribution in [0, 0.1) is 0 Å². The van der Waals surface area contributed by atoms with Gasteiger partial charge in [-0.15, -0.1) is 0 Å². The van der Waals surface area contributed by atoms with Crippen molar-refractivity contribution in [2.45, 2.75) is 31.4 Å². The number of nitrogens with one attached hydrogen (secondary N) is 1. The van der Waals surface area contributed by atoms with Crippen molar-refractivity contribution in [1.29, 1.82) is 0 Å². The fourth-order valence-electron chi connectivity index (χ4n) is 2.62. The Morgan fingerprint density at radius 1 is 1.09 bits per heavy atom. The molecule has 0 saturated carbocycles. The van der Waals surface area contributed by atoms with Crippen LogP contribution in [0.3, 0.4) is 0 Å². The second kappa shape index (κ2) is 7.23. The van der Waals surface area contributed by atoms with Crippen LogP contribution in [-0.2, 0) is 29.5 Å². The molecule has 0 radical (unpaired) electrons. The summed E-state index contributed by atoms with van der Waals surface area (Å²) < 4.78 is 9.45. The van der Waals surface area contributed by atoms with Gasteiger partial charge in [0.05, 0.1) is 14.2 Å². The fraction of sp³-hybridized carbons (Fsp3) is 0.438. The van der Waals surface area contributed by atoms with Crippen molar-refractivity contribution < 1.29 is 29.0 Å². The molecule has 1 rings (SSSR count). The molecule has 0 fully saturated rings. The summed E-state index contributed by atoms with van der Waals surface area (Å²) in [6.45, 7) is 2.72. The predicted octanol–water partition coefficient (Wildman–Crippen LogP) is 0.505. The van der Waals surface area contributed by atoms with E-state index in [1.807, 2.05) is 0 Å². The second-order valence-electron chi connectivity index (χ2n) is 5.00. The number of hydrogen-bond acceptors (Lipinski definition) is 6. The number of aliphatic hydroxyl groups is 1. The van der Waals surface area contributed by atoms with Gasteiger partial charge in [-0.1, -0.05) is 37.3 Å². The molecule has 23 heavy (non-hydrogen) atoms. The third kappa shape index (κ3) is 3.05. The Hall–Kier alpha value is -2.41. The molecule has 7 nitrogen and oxygen atoms in total. The molecule has 126 valence electrons. The van der Waals surface area contributed by atoms with E-state index in [1.54, 1.807) is 25.1 Å². The van der Waals surface area contributed by atoms with Crippen molar-refractivity contribution in [3.63, 3.8) is 0 Å². The summed E-state index contributed by atoms with van der Waals surface area (Å²) in [7, 11) is 2.19. The van der Waals surface area contributed by atoms with Gasteiger partial charge in [0.1, 0.15) is 0 Å². The lowest BCUT2D eigenvalue weighted by Gasteiger charge is -2.42. The number of carbonyl (C=O) groups excluding carboxylic acids is 3. The average Bonchev–Trinajstić information content (AvgIpc) is 2.57. The Morgan fingerprint density at radius 3 is 2.00 bits per heavy atom. The van der Waals surface area contributed by atoms with Gasteiger partial charge in [-0.3, -0.25) is 4.79 Å². The molecule has 7 heteroatoms. The zero-order valence-electron chi connectivity index (χ0n) is 13.6. The van der Waals surface area contributed by atoms with Gasteiger partial charge in [-0.05, 0) is 12.0 Å². The molecule has 2 atom stereocenters. The Bertz CT molecular complexity index is 587. The van der Waals surface area contributed by atoms with Gasteiger partial charge in [0, 0.05) is 6.92 Å². The van der Waals surface area contributed by atoms with Crippen LogP contribution in [0.2, 0.25) is 0 Å². The maximum atomic E-state index is 12.4. The largest absolute Gasteiger partial charge is 0.467 e. The molecule has 1 aromatic rings. The summed E-state index contributed by atoms with van der Waals surface area (Å²) in [6.07, 6.45) is -0.0975. The van der Waals surface area contributed by atoms with Crippen molar-refractivity contribution in [2.24, 2.45) is 0 Å². The highest BCUT2D eigenvalue weighted by molar-refractivity contribution is 5.97. The van der Waals surface area contributed by atoms with Crippen LogP contribution in [0.4, 0.5) is 0 Å². The van der Waals surface area contributed by atoms with Gasteiger partial charge in [0.15, 0.2) is 5.54 Å². The highest BCUT2D eigenvalue weighted by atomic mass is 16.5. The lowest BCUT2D eigenvalue weighted by atomic mass is 9.72. The van der Waals surface area contributed by atoms with Gasteiger partial charge in [-0.25, -0.2) is 9.59 Å². The first-order valence-electron chi connectivity index (χ1n) is 7.03. The summed E-state index contributed by atoms with van der Waals surface area (Å²) in [5.41, 5.74) is -4.37. The molecular formula is C16H21NO6. The summed E-state index contributed by atoms with van der Waals surface area (Å²) in [6, 6.07) is 7.80. The van der Waals surface area contributed by atoms with Crippen LogP contribution in [0.5, 0.6) is 0 Å². The van der Waals surface area contributed by atoms with Crippen LogP contribution in [-0.4, -0.2) is 42.7 Å². The Kier molecular flexibility index (Phi) is 5.86. The topological polar surface area (TPSA) is 102 Å². The van der Waals surface area contributed by atoms with Gasteiger partial charge >= 0.3 is 11.9 Å².